The lowest BCUT2D eigenvalue weighted by molar-refractivity contribution is -0.153. The van der Waals surface area contributed by atoms with Gasteiger partial charge in [0, 0.05) is 13.6 Å². The van der Waals surface area contributed by atoms with E-state index in [2.05, 4.69) is 10.5 Å². The predicted molar refractivity (Wildman–Crippen MR) is 70.3 cm³/mol. The highest BCUT2D eigenvalue weighted by molar-refractivity contribution is 5.97. The van der Waals surface area contributed by atoms with Gasteiger partial charge < -0.3 is 19.5 Å². The van der Waals surface area contributed by atoms with Gasteiger partial charge >= 0.3 is 0 Å². The van der Waals surface area contributed by atoms with Crippen molar-refractivity contribution in [2.24, 2.45) is 0 Å². The molecule has 0 radical (unpaired) electrons. The molecule has 0 spiro atoms. The molecule has 20 heavy (non-hydrogen) atoms. The minimum absolute atomic E-state index is 0.181. The third kappa shape index (κ3) is 2.40. The van der Waals surface area contributed by atoms with E-state index in [1.54, 1.807) is 32.7 Å². The number of hydrogen-bond acceptors (Lipinski definition) is 5. The SMILES string of the molecule is CNC(=O)C1(C)CN(C(=O)c2c(C)noc2C)CCO1. The normalized spacial score (nSPS) is 22.7. The molecule has 0 saturated carbocycles. The summed E-state index contributed by atoms with van der Waals surface area (Å²) < 4.78 is 10.6. The molecule has 2 rings (SSSR count). The van der Waals surface area contributed by atoms with Gasteiger partial charge in [0.25, 0.3) is 11.8 Å². The van der Waals surface area contributed by atoms with Crippen molar-refractivity contribution in [1.29, 1.82) is 0 Å². The third-order valence-electron chi connectivity index (χ3n) is 3.52. The van der Waals surface area contributed by atoms with Crippen LogP contribution in [0, 0.1) is 13.8 Å². The fourth-order valence-electron chi connectivity index (χ4n) is 2.39. The second kappa shape index (κ2) is 5.24. The summed E-state index contributed by atoms with van der Waals surface area (Å²) in [6.07, 6.45) is 0. The first kappa shape index (κ1) is 14.5. The minimum atomic E-state index is -1.03. The number of nitrogens with one attached hydrogen (secondary N) is 1. The topological polar surface area (TPSA) is 84.7 Å². The summed E-state index contributed by atoms with van der Waals surface area (Å²) in [5, 5.41) is 6.35. The molecule has 110 valence electrons. The van der Waals surface area contributed by atoms with E-state index in [1.165, 1.54) is 0 Å². The van der Waals surface area contributed by atoms with Gasteiger partial charge in [-0.15, -0.1) is 0 Å². The summed E-state index contributed by atoms with van der Waals surface area (Å²) in [6.45, 7) is 6.07. The smallest absolute Gasteiger partial charge is 0.259 e. The van der Waals surface area contributed by atoms with Crippen LogP contribution in [0.4, 0.5) is 0 Å². The Morgan fingerprint density at radius 3 is 2.65 bits per heavy atom. The van der Waals surface area contributed by atoms with Crippen LogP contribution in [-0.4, -0.2) is 54.2 Å². The number of ether oxygens (including phenoxy) is 1. The van der Waals surface area contributed by atoms with E-state index >= 15 is 0 Å². The maximum absolute atomic E-state index is 12.5. The van der Waals surface area contributed by atoms with Crippen molar-refractivity contribution in [3.05, 3.63) is 17.0 Å². The Labute approximate surface area is 117 Å². The van der Waals surface area contributed by atoms with Crippen molar-refractivity contribution in [2.45, 2.75) is 26.4 Å². The molecule has 1 unspecified atom stereocenters. The molecule has 1 aliphatic heterocycles. The number of likely N-dealkylation sites (N-methyl/N-ethyl adjacent to an activating group) is 1. The first-order chi connectivity index (χ1) is 9.39. The Hall–Kier alpha value is -1.89. The van der Waals surface area contributed by atoms with E-state index in [4.69, 9.17) is 9.26 Å². The lowest BCUT2D eigenvalue weighted by Gasteiger charge is -2.38. The second-order valence-corrected chi connectivity index (χ2v) is 5.08. The van der Waals surface area contributed by atoms with Crippen LogP contribution in [0.1, 0.15) is 28.7 Å². The maximum Gasteiger partial charge on any atom is 0.259 e. The number of aryl methyl sites for hydroxylation is 2. The average Bonchev–Trinajstić information content (AvgIpc) is 2.76. The van der Waals surface area contributed by atoms with Crippen LogP contribution < -0.4 is 5.32 Å². The number of carbonyl (C=O) groups is 2. The monoisotopic (exact) mass is 281 g/mol. The van der Waals surface area contributed by atoms with Crippen molar-refractivity contribution < 1.29 is 18.8 Å². The van der Waals surface area contributed by atoms with Crippen LogP contribution in [-0.2, 0) is 9.53 Å². The standard InChI is InChI=1S/C13H19N3O4/c1-8-10(9(2)20-15-8)11(17)16-5-6-19-13(3,7-16)12(18)14-4/h5-7H2,1-4H3,(H,14,18). The van der Waals surface area contributed by atoms with E-state index in [0.717, 1.165) is 0 Å². The van der Waals surface area contributed by atoms with E-state index in [-0.39, 0.29) is 18.4 Å². The van der Waals surface area contributed by atoms with Crippen molar-refractivity contribution in [1.82, 2.24) is 15.4 Å². The molecule has 0 aromatic carbocycles. The van der Waals surface area contributed by atoms with Gasteiger partial charge in [0.1, 0.15) is 11.3 Å². The van der Waals surface area contributed by atoms with Gasteiger partial charge in [-0.25, -0.2) is 0 Å². The van der Waals surface area contributed by atoms with Gasteiger partial charge in [-0.05, 0) is 20.8 Å². The molecule has 1 aliphatic rings. The molecule has 7 nitrogen and oxygen atoms in total. The Balaban J connectivity index is 2.21. The van der Waals surface area contributed by atoms with Crippen molar-refractivity contribution >= 4 is 11.8 Å². The first-order valence-corrected chi connectivity index (χ1v) is 6.47. The molecular formula is C13H19N3O4. The molecular weight excluding hydrogens is 262 g/mol. The third-order valence-corrected chi connectivity index (χ3v) is 3.52. The van der Waals surface area contributed by atoms with E-state index in [0.29, 0.717) is 30.2 Å². The summed E-state index contributed by atoms with van der Waals surface area (Å²) in [5.74, 6) is 0.0640. The predicted octanol–water partition coefficient (Wildman–Crippen LogP) is 0.269. The van der Waals surface area contributed by atoms with Gasteiger partial charge in [-0.3, -0.25) is 9.59 Å². The second-order valence-electron chi connectivity index (χ2n) is 5.08. The molecule has 0 aliphatic carbocycles. The van der Waals surface area contributed by atoms with Gasteiger partial charge in [0.2, 0.25) is 0 Å². The van der Waals surface area contributed by atoms with E-state index in [1.807, 2.05) is 0 Å². The lowest BCUT2D eigenvalue weighted by atomic mass is 10.0. The quantitative estimate of drug-likeness (QED) is 0.841. The van der Waals surface area contributed by atoms with Crippen LogP contribution in [0.3, 0.4) is 0 Å². The number of hydrogen-bond donors (Lipinski definition) is 1. The van der Waals surface area contributed by atoms with Crippen LogP contribution in [0.5, 0.6) is 0 Å². The van der Waals surface area contributed by atoms with Crippen molar-refractivity contribution in [3.63, 3.8) is 0 Å². The Bertz CT molecular complexity index is 520. The van der Waals surface area contributed by atoms with Gasteiger partial charge in [-0.1, -0.05) is 5.16 Å². The molecule has 1 aromatic rings. The number of aromatic nitrogens is 1. The highest BCUT2D eigenvalue weighted by atomic mass is 16.5. The zero-order chi connectivity index (χ0) is 14.9. The fourth-order valence-corrected chi connectivity index (χ4v) is 2.39. The highest BCUT2D eigenvalue weighted by Crippen LogP contribution is 2.22. The zero-order valence-electron chi connectivity index (χ0n) is 12.1. The molecule has 1 fully saturated rings. The Morgan fingerprint density at radius 1 is 1.40 bits per heavy atom. The summed E-state index contributed by atoms with van der Waals surface area (Å²) >= 11 is 0. The summed E-state index contributed by atoms with van der Waals surface area (Å²) in [5.41, 5.74) is -0.00598. The number of nitrogens with zero attached hydrogens (tertiary/aromatic N) is 2. The average molecular weight is 281 g/mol. The molecule has 1 N–H and O–H groups in total. The van der Waals surface area contributed by atoms with Gasteiger partial charge in [0.05, 0.1) is 18.8 Å². The largest absolute Gasteiger partial charge is 0.362 e. The fraction of sp³-hybridized carbons (Fsp3) is 0.615. The molecule has 1 saturated heterocycles. The van der Waals surface area contributed by atoms with E-state index < -0.39 is 5.60 Å². The summed E-state index contributed by atoms with van der Waals surface area (Å²) in [7, 11) is 1.55. The van der Waals surface area contributed by atoms with Crippen LogP contribution in [0.2, 0.25) is 0 Å². The Morgan fingerprint density at radius 2 is 2.10 bits per heavy atom. The highest BCUT2D eigenvalue weighted by Gasteiger charge is 2.41. The lowest BCUT2D eigenvalue weighted by Crippen LogP contribution is -2.58. The Kier molecular flexibility index (Phi) is 3.80. The molecule has 1 atom stereocenters. The first-order valence-electron chi connectivity index (χ1n) is 6.47. The summed E-state index contributed by atoms with van der Waals surface area (Å²) in [4.78, 5) is 26.0. The van der Waals surface area contributed by atoms with Gasteiger partial charge in [0.15, 0.2) is 5.60 Å². The molecule has 2 heterocycles. The molecule has 1 aromatic heterocycles. The van der Waals surface area contributed by atoms with Crippen molar-refractivity contribution in [3.8, 4) is 0 Å². The van der Waals surface area contributed by atoms with E-state index in [9.17, 15) is 9.59 Å². The van der Waals surface area contributed by atoms with Crippen molar-refractivity contribution in [2.75, 3.05) is 26.7 Å². The number of amides is 2. The molecule has 2 amide bonds. The van der Waals surface area contributed by atoms with Crippen LogP contribution in [0.15, 0.2) is 4.52 Å². The van der Waals surface area contributed by atoms with Gasteiger partial charge in [-0.2, -0.15) is 0 Å². The van der Waals surface area contributed by atoms with Crippen LogP contribution in [0.25, 0.3) is 0 Å². The summed E-state index contributed by atoms with van der Waals surface area (Å²) in [6, 6.07) is 0. The van der Waals surface area contributed by atoms with Crippen LogP contribution >= 0.6 is 0 Å². The number of rotatable bonds is 2. The number of morpholine rings is 1. The maximum atomic E-state index is 12.5. The molecule has 0 bridgehead atoms. The number of carbonyl (C=O) groups excluding carboxylic acids is 2. The zero-order valence-corrected chi connectivity index (χ0v) is 12.1. The molecule has 7 heteroatoms. The minimum Gasteiger partial charge on any atom is -0.362 e.